The van der Waals surface area contributed by atoms with E-state index in [1.165, 1.54) is 0 Å². The van der Waals surface area contributed by atoms with Gasteiger partial charge in [0, 0.05) is 43.9 Å². The topological polar surface area (TPSA) is 105 Å². The molecule has 0 saturated carbocycles. The molecule has 174 valence electrons. The lowest BCUT2D eigenvalue weighted by atomic mass is 9.96. The molecule has 1 aliphatic rings. The van der Waals surface area contributed by atoms with Gasteiger partial charge in [-0.15, -0.1) is 24.0 Å². The van der Waals surface area contributed by atoms with Gasteiger partial charge < -0.3 is 26.0 Å². The number of benzene rings is 1. The van der Waals surface area contributed by atoms with Gasteiger partial charge >= 0.3 is 0 Å². The Balaban J connectivity index is 0.00000363. The predicted octanol–water partition coefficient (Wildman–Crippen LogP) is 2.67. The first kappa shape index (κ1) is 25.7. The molecule has 2 aromatic rings. The number of ether oxygens (including phenoxy) is 1. The molecule has 1 saturated heterocycles. The average molecular weight is 552 g/mol. The Hall–Kier alpha value is -2.56. The Morgan fingerprint density at radius 2 is 1.94 bits per heavy atom. The number of hydrogen-bond donors (Lipinski definition) is 3. The molecule has 1 aromatic heterocycles. The van der Waals surface area contributed by atoms with Gasteiger partial charge in [0.1, 0.15) is 11.6 Å². The molecule has 0 bridgehead atoms. The average Bonchev–Trinajstić information content (AvgIpc) is 2.81. The van der Waals surface area contributed by atoms with E-state index < -0.39 is 0 Å². The third kappa shape index (κ3) is 7.25. The van der Waals surface area contributed by atoms with Crippen molar-refractivity contribution >= 4 is 41.7 Å². The second-order valence-electron chi connectivity index (χ2n) is 7.55. The first-order valence-electron chi connectivity index (χ1n) is 10.7. The van der Waals surface area contributed by atoms with E-state index in [9.17, 15) is 4.79 Å². The maximum absolute atomic E-state index is 11.5. The zero-order valence-electron chi connectivity index (χ0n) is 18.7. The molecule has 0 aliphatic carbocycles. The van der Waals surface area contributed by atoms with Gasteiger partial charge in [0.05, 0.1) is 13.7 Å². The summed E-state index contributed by atoms with van der Waals surface area (Å²) in [5.74, 6) is 2.30. The van der Waals surface area contributed by atoms with E-state index in [2.05, 4.69) is 26.6 Å². The van der Waals surface area contributed by atoms with E-state index in [0.29, 0.717) is 13.1 Å². The van der Waals surface area contributed by atoms with Gasteiger partial charge in [-0.3, -0.25) is 4.79 Å². The maximum Gasteiger partial charge on any atom is 0.220 e. The summed E-state index contributed by atoms with van der Waals surface area (Å²) in [6, 6.07) is 11.9. The number of nitrogens with one attached hydrogen (secondary N) is 2. The van der Waals surface area contributed by atoms with E-state index in [4.69, 9.17) is 15.5 Å². The summed E-state index contributed by atoms with van der Waals surface area (Å²) in [7, 11) is 1.66. The number of halogens is 1. The highest BCUT2D eigenvalue weighted by molar-refractivity contribution is 14.0. The molecule has 0 radical (unpaired) electrons. The van der Waals surface area contributed by atoms with Crippen molar-refractivity contribution < 1.29 is 9.53 Å². The standard InChI is InChI=1S/C23H32N6O2.HI/c1-3-25-23(27-15-17-6-8-20(31-2)9-7-17)28-16-19-5-4-12-26-22(19)29-13-10-18(11-14-29)21(24)30;/h4-9,12,18H,3,10-11,13-16H2,1-2H3,(H2,24,30)(H2,25,27,28);1H. The second-order valence-corrected chi connectivity index (χ2v) is 7.55. The van der Waals surface area contributed by atoms with Crippen molar-refractivity contribution in [3.05, 3.63) is 53.7 Å². The highest BCUT2D eigenvalue weighted by Gasteiger charge is 2.24. The smallest absolute Gasteiger partial charge is 0.220 e. The van der Waals surface area contributed by atoms with Crippen molar-refractivity contribution in [1.82, 2.24) is 15.6 Å². The van der Waals surface area contributed by atoms with Crippen LogP contribution in [0.1, 0.15) is 30.9 Å². The van der Waals surface area contributed by atoms with Crippen LogP contribution in [0.15, 0.2) is 47.6 Å². The number of rotatable bonds is 8. The SMILES string of the molecule is CCNC(=NCc1ccc(OC)cc1)NCc1cccnc1N1CCC(C(N)=O)CC1.I. The predicted molar refractivity (Wildman–Crippen MR) is 138 cm³/mol. The highest BCUT2D eigenvalue weighted by atomic mass is 127. The summed E-state index contributed by atoms with van der Waals surface area (Å²) in [6.07, 6.45) is 3.34. The molecule has 0 unspecified atom stereocenters. The lowest BCUT2D eigenvalue weighted by Crippen LogP contribution is -2.40. The molecule has 1 fully saturated rings. The summed E-state index contributed by atoms with van der Waals surface area (Å²) < 4.78 is 5.21. The lowest BCUT2D eigenvalue weighted by Gasteiger charge is -2.32. The van der Waals surface area contributed by atoms with Gasteiger partial charge in [0.2, 0.25) is 5.91 Å². The van der Waals surface area contributed by atoms with Crippen LogP contribution in [0.5, 0.6) is 5.75 Å². The monoisotopic (exact) mass is 552 g/mol. The number of nitrogens with two attached hydrogens (primary N) is 1. The van der Waals surface area contributed by atoms with Crippen molar-refractivity contribution in [1.29, 1.82) is 0 Å². The number of nitrogens with zero attached hydrogens (tertiary/aromatic N) is 3. The number of carbonyl (C=O) groups excluding carboxylic acids is 1. The van der Waals surface area contributed by atoms with E-state index >= 15 is 0 Å². The lowest BCUT2D eigenvalue weighted by molar-refractivity contribution is -0.122. The summed E-state index contributed by atoms with van der Waals surface area (Å²) in [5, 5.41) is 6.70. The number of carbonyl (C=O) groups is 1. The van der Waals surface area contributed by atoms with Crippen LogP contribution in [0.3, 0.4) is 0 Å². The maximum atomic E-state index is 11.5. The molecule has 1 aliphatic heterocycles. The van der Waals surface area contributed by atoms with E-state index in [0.717, 1.165) is 61.1 Å². The summed E-state index contributed by atoms with van der Waals surface area (Å²) in [4.78, 5) is 23.0. The van der Waals surface area contributed by atoms with Crippen LogP contribution in [0.2, 0.25) is 0 Å². The number of methoxy groups -OCH3 is 1. The third-order valence-electron chi connectivity index (χ3n) is 5.43. The van der Waals surface area contributed by atoms with Crippen molar-refractivity contribution in [2.75, 3.05) is 31.6 Å². The number of anilines is 1. The van der Waals surface area contributed by atoms with Crippen LogP contribution in [0, 0.1) is 5.92 Å². The van der Waals surface area contributed by atoms with Gasteiger partial charge in [0.15, 0.2) is 5.96 Å². The van der Waals surface area contributed by atoms with E-state index in [1.807, 2.05) is 43.5 Å². The van der Waals surface area contributed by atoms with Crippen LogP contribution in [0.25, 0.3) is 0 Å². The Bertz CT molecular complexity index is 882. The van der Waals surface area contributed by atoms with Crippen molar-refractivity contribution in [2.45, 2.75) is 32.9 Å². The molecular weight excluding hydrogens is 519 g/mol. The molecule has 8 nitrogen and oxygen atoms in total. The number of pyridine rings is 1. The fraction of sp³-hybridized carbons (Fsp3) is 0.435. The number of primary amides is 1. The molecule has 4 N–H and O–H groups in total. The molecule has 9 heteroatoms. The summed E-state index contributed by atoms with van der Waals surface area (Å²) in [5.41, 5.74) is 7.67. The van der Waals surface area contributed by atoms with Gasteiger partial charge in [-0.2, -0.15) is 0 Å². The third-order valence-corrected chi connectivity index (χ3v) is 5.43. The minimum atomic E-state index is -0.203. The van der Waals surface area contributed by atoms with Crippen LogP contribution in [0.4, 0.5) is 5.82 Å². The molecule has 3 rings (SSSR count). The van der Waals surface area contributed by atoms with Crippen LogP contribution in [-0.2, 0) is 17.9 Å². The summed E-state index contributed by atoms with van der Waals surface area (Å²) in [6.45, 7) is 5.55. The van der Waals surface area contributed by atoms with Crippen LogP contribution in [-0.4, -0.2) is 43.6 Å². The van der Waals surface area contributed by atoms with Gasteiger partial charge in [-0.25, -0.2) is 9.98 Å². The Kier molecular flexibility index (Phi) is 10.5. The van der Waals surface area contributed by atoms with Crippen LogP contribution < -0.4 is 26.0 Å². The molecule has 2 heterocycles. The second kappa shape index (κ2) is 13.1. The summed E-state index contributed by atoms with van der Waals surface area (Å²) >= 11 is 0. The highest BCUT2D eigenvalue weighted by Crippen LogP contribution is 2.24. The number of guanidine groups is 1. The Labute approximate surface area is 207 Å². The molecule has 0 atom stereocenters. The molecule has 1 amide bonds. The van der Waals surface area contributed by atoms with E-state index in [-0.39, 0.29) is 35.8 Å². The fourth-order valence-corrected chi connectivity index (χ4v) is 3.65. The van der Waals surface area contributed by atoms with Crippen LogP contribution >= 0.6 is 24.0 Å². The Morgan fingerprint density at radius 1 is 1.22 bits per heavy atom. The molecule has 32 heavy (non-hydrogen) atoms. The molecule has 0 spiro atoms. The zero-order valence-corrected chi connectivity index (χ0v) is 21.0. The number of aromatic nitrogens is 1. The van der Waals surface area contributed by atoms with Gasteiger partial charge in [0.25, 0.3) is 0 Å². The minimum absolute atomic E-state index is 0. The quantitative estimate of drug-likeness (QED) is 0.264. The largest absolute Gasteiger partial charge is 0.497 e. The first-order chi connectivity index (χ1) is 15.1. The minimum Gasteiger partial charge on any atom is -0.497 e. The molecular formula is C23H33IN6O2. The number of hydrogen-bond acceptors (Lipinski definition) is 5. The van der Waals surface area contributed by atoms with Crippen molar-refractivity contribution in [2.24, 2.45) is 16.6 Å². The first-order valence-corrected chi connectivity index (χ1v) is 10.7. The number of aliphatic imine (C=N–C) groups is 1. The normalized spacial score (nSPS) is 14.4. The van der Waals surface area contributed by atoms with Crippen molar-refractivity contribution in [3.8, 4) is 5.75 Å². The van der Waals surface area contributed by atoms with Gasteiger partial charge in [-0.1, -0.05) is 18.2 Å². The van der Waals surface area contributed by atoms with Crippen molar-refractivity contribution in [3.63, 3.8) is 0 Å². The number of piperidine rings is 1. The molecule has 1 aromatic carbocycles. The zero-order chi connectivity index (χ0) is 22.1. The van der Waals surface area contributed by atoms with Gasteiger partial charge in [-0.05, 0) is 43.5 Å². The fourth-order valence-electron chi connectivity index (χ4n) is 3.65. The Morgan fingerprint density at radius 3 is 2.56 bits per heavy atom. The number of amides is 1. The van der Waals surface area contributed by atoms with E-state index in [1.54, 1.807) is 7.11 Å².